The molecule has 1 N–H and O–H groups in total. The Morgan fingerprint density at radius 1 is 1.30 bits per heavy atom. The lowest BCUT2D eigenvalue weighted by molar-refractivity contribution is -0.137. The number of unbranched alkanes of at least 4 members (excludes halogenated alkanes) is 1. The number of nitrogens with zero attached hydrogens (tertiary/aromatic N) is 1. The van der Waals surface area contributed by atoms with E-state index in [9.17, 15) is 18.0 Å². The van der Waals surface area contributed by atoms with Gasteiger partial charge in [0, 0.05) is 0 Å². The maximum Gasteiger partial charge on any atom is 0.418 e. The summed E-state index contributed by atoms with van der Waals surface area (Å²) in [4.78, 5) is 13.5. The molecule has 3 nitrogen and oxygen atoms in total. The van der Waals surface area contributed by atoms with Crippen molar-refractivity contribution in [2.45, 2.75) is 25.9 Å². The Bertz CT molecular complexity index is 446. The monoisotopic (exact) mass is 288 g/mol. The van der Waals surface area contributed by atoms with Crippen LogP contribution in [0.25, 0.3) is 0 Å². The summed E-state index contributed by atoms with van der Waals surface area (Å²) < 4.78 is 38.3. The van der Waals surface area contributed by atoms with Gasteiger partial charge in [-0.3, -0.25) is 9.69 Å². The summed E-state index contributed by atoms with van der Waals surface area (Å²) in [6, 6.07) is 4.97. The second-order valence-corrected chi connectivity index (χ2v) is 4.68. The minimum atomic E-state index is -4.47. The number of anilines is 1. The lowest BCUT2D eigenvalue weighted by atomic mass is 10.1. The molecule has 6 heteroatoms. The number of alkyl halides is 3. The number of nitrogens with one attached hydrogen (secondary N) is 1. The Morgan fingerprint density at radius 3 is 2.55 bits per heavy atom. The normalized spacial score (nSPS) is 11.7. The van der Waals surface area contributed by atoms with Crippen LogP contribution in [0.2, 0.25) is 0 Å². The zero-order valence-corrected chi connectivity index (χ0v) is 11.6. The summed E-state index contributed by atoms with van der Waals surface area (Å²) in [5, 5.41) is 2.32. The van der Waals surface area contributed by atoms with Crippen molar-refractivity contribution in [2.75, 3.05) is 25.5 Å². The number of benzene rings is 1. The molecule has 0 fully saturated rings. The summed E-state index contributed by atoms with van der Waals surface area (Å²) in [7, 11) is 1.77. The van der Waals surface area contributed by atoms with Crippen LogP contribution in [0.1, 0.15) is 25.3 Å². The SMILES string of the molecule is CCCCN(C)CC(=O)Nc1ccccc1C(F)(F)F. The molecule has 0 saturated carbocycles. The van der Waals surface area contributed by atoms with Crippen LogP contribution in [-0.4, -0.2) is 30.9 Å². The van der Waals surface area contributed by atoms with Gasteiger partial charge in [-0.25, -0.2) is 0 Å². The first-order valence-electron chi connectivity index (χ1n) is 6.49. The molecule has 1 rings (SSSR count). The van der Waals surface area contributed by atoms with Gasteiger partial charge in [-0.2, -0.15) is 13.2 Å². The van der Waals surface area contributed by atoms with Crippen LogP contribution in [0.5, 0.6) is 0 Å². The Kier molecular flexibility index (Phi) is 6.01. The van der Waals surface area contributed by atoms with Crippen molar-refractivity contribution < 1.29 is 18.0 Å². The molecule has 0 saturated heterocycles. The lowest BCUT2D eigenvalue weighted by Gasteiger charge is -2.17. The molecule has 0 bridgehead atoms. The molecule has 0 unspecified atom stereocenters. The van der Waals surface area contributed by atoms with Crippen LogP contribution in [-0.2, 0) is 11.0 Å². The van der Waals surface area contributed by atoms with Gasteiger partial charge in [-0.1, -0.05) is 25.5 Å². The van der Waals surface area contributed by atoms with E-state index >= 15 is 0 Å². The number of carbonyl (C=O) groups excluding carboxylic acids is 1. The van der Waals surface area contributed by atoms with E-state index in [1.807, 2.05) is 6.92 Å². The van der Waals surface area contributed by atoms with Crippen LogP contribution in [0, 0.1) is 0 Å². The summed E-state index contributed by atoms with van der Waals surface area (Å²) >= 11 is 0. The predicted molar refractivity (Wildman–Crippen MR) is 72.5 cm³/mol. The first-order valence-corrected chi connectivity index (χ1v) is 6.49. The third-order valence-corrected chi connectivity index (χ3v) is 2.81. The zero-order valence-electron chi connectivity index (χ0n) is 11.6. The van der Waals surface area contributed by atoms with Gasteiger partial charge in [0.25, 0.3) is 0 Å². The summed E-state index contributed by atoms with van der Waals surface area (Å²) in [6.07, 6.45) is -2.52. The quantitative estimate of drug-likeness (QED) is 0.870. The smallest absolute Gasteiger partial charge is 0.324 e. The molecule has 0 aliphatic rings. The van der Waals surface area contributed by atoms with Gasteiger partial charge in [0.05, 0.1) is 17.8 Å². The van der Waals surface area contributed by atoms with Crippen LogP contribution >= 0.6 is 0 Å². The third kappa shape index (κ3) is 5.21. The maximum atomic E-state index is 12.8. The van der Waals surface area contributed by atoms with Gasteiger partial charge in [0.15, 0.2) is 0 Å². The van der Waals surface area contributed by atoms with E-state index < -0.39 is 17.6 Å². The first-order chi connectivity index (χ1) is 9.34. The minimum absolute atomic E-state index is 0.0756. The molecule has 1 aromatic rings. The third-order valence-electron chi connectivity index (χ3n) is 2.81. The van der Waals surface area contributed by atoms with Crippen LogP contribution < -0.4 is 5.32 Å². The van der Waals surface area contributed by atoms with Crippen molar-refractivity contribution in [3.05, 3.63) is 29.8 Å². The number of rotatable bonds is 6. The number of hydrogen-bond donors (Lipinski definition) is 1. The number of likely N-dealkylation sites (N-methyl/N-ethyl adjacent to an activating group) is 1. The summed E-state index contributed by atoms with van der Waals surface area (Å²) in [6.45, 7) is 2.85. The van der Waals surface area contributed by atoms with E-state index in [2.05, 4.69) is 5.32 Å². The highest BCUT2D eigenvalue weighted by molar-refractivity contribution is 5.93. The second kappa shape index (κ2) is 7.28. The molecule has 0 spiro atoms. The van der Waals surface area contributed by atoms with Crippen molar-refractivity contribution >= 4 is 11.6 Å². The topological polar surface area (TPSA) is 32.3 Å². The molecule has 0 atom stereocenters. The Labute approximate surface area is 116 Å². The Morgan fingerprint density at radius 2 is 1.95 bits per heavy atom. The van der Waals surface area contributed by atoms with Gasteiger partial charge in [-0.15, -0.1) is 0 Å². The molecular formula is C14H19F3N2O. The van der Waals surface area contributed by atoms with E-state index in [-0.39, 0.29) is 12.2 Å². The molecule has 20 heavy (non-hydrogen) atoms. The maximum absolute atomic E-state index is 12.8. The molecule has 0 radical (unpaired) electrons. The average molecular weight is 288 g/mol. The van der Waals surface area contributed by atoms with Gasteiger partial charge >= 0.3 is 6.18 Å². The van der Waals surface area contributed by atoms with E-state index in [4.69, 9.17) is 0 Å². The van der Waals surface area contributed by atoms with Crippen LogP contribution in [0.4, 0.5) is 18.9 Å². The number of halogens is 3. The number of para-hydroxylation sites is 1. The largest absolute Gasteiger partial charge is 0.418 e. The van der Waals surface area contributed by atoms with Gasteiger partial charge in [0.1, 0.15) is 0 Å². The van der Waals surface area contributed by atoms with Crippen molar-refractivity contribution in [3.63, 3.8) is 0 Å². The summed E-state index contributed by atoms with van der Waals surface area (Å²) in [5.74, 6) is -0.444. The van der Waals surface area contributed by atoms with Gasteiger partial charge in [-0.05, 0) is 32.1 Å². The Balaban J connectivity index is 2.67. The molecule has 0 heterocycles. The molecule has 0 aromatic heterocycles. The number of amides is 1. The van der Waals surface area contributed by atoms with Crippen LogP contribution in [0.15, 0.2) is 24.3 Å². The highest BCUT2D eigenvalue weighted by Gasteiger charge is 2.33. The van der Waals surface area contributed by atoms with Crippen molar-refractivity contribution in [2.24, 2.45) is 0 Å². The average Bonchev–Trinajstić information content (AvgIpc) is 2.35. The molecule has 0 aliphatic heterocycles. The first kappa shape index (κ1) is 16.5. The van der Waals surface area contributed by atoms with Crippen molar-refractivity contribution in [3.8, 4) is 0 Å². The van der Waals surface area contributed by atoms with E-state index in [1.54, 1.807) is 11.9 Å². The van der Waals surface area contributed by atoms with E-state index in [0.29, 0.717) is 0 Å². The fourth-order valence-corrected chi connectivity index (χ4v) is 1.78. The zero-order chi connectivity index (χ0) is 15.2. The molecule has 1 amide bonds. The lowest BCUT2D eigenvalue weighted by Crippen LogP contribution is -2.31. The second-order valence-electron chi connectivity index (χ2n) is 4.68. The Hall–Kier alpha value is -1.56. The molecule has 112 valence electrons. The van der Waals surface area contributed by atoms with E-state index in [0.717, 1.165) is 25.5 Å². The highest BCUT2D eigenvalue weighted by atomic mass is 19.4. The molecular weight excluding hydrogens is 269 g/mol. The fraction of sp³-hybridized carbons (Fsp3) is 0.500. The van der Waals surface area contributed by atoms with Crippen molar-refractivity contribution in [1.82, 2.24) is 4.90 Å². The standard InChI is InChI=1S/C14H19F3N2O/c1-3-4-9-19(2)10-13(20)18-12-8-6-5-7-11(12)14(15,16)17/h5-8H,3-4,9-10H2,1-2H3,(H,18,20). The van der Waals surface area contributed by atoms with Gasteiger partial charge < -0.3 is 5.32 Å². The molecule has 1 aromatic carbocycles. The van der Waals surface area contributed by atoms with Crippen molar-refractivity contribution in [1.29, 1.82) is 0 Å². The predicted octanol–water partition coefficient (Wildman–Crippen LogP) is 3.38. The fourth-order valence-electron chi connectivity index (χ4n) is 1.78. The van der Waals surface area contributed by atoms with E-state index in [1.165, 1.54) is 18.2 Å². The number of hydrogen-bond acceptors (Lipinski definition) is 2. The minimum Gasteiger partial charge on any atom is -0.324 e. The highest BCUT2D eigenvalue weighted by Crippen LogP contribution is 2.34. The summed E-state index contributed by atoms with van der Waals surface area (Å²) in [5.41, 5.74) is -1.03. The van der Waals surface area contributed by atoms with Crippen LogP contribution in [0.3, 0.4) is 0 Å². The number of carbonyl (C=O) groups is 1. The molecule has 0 aliphatic carbocycles. The van der Waals surface area contributed by atoms with Gasteiger partial charge in [0.2, 0.25) is 5.91 Å².